The van der Waals surface area contributed by atoms with E-state index in [1.165, 1.54) is 0 Å². The van der Waals surface area contributed by atoms with Crippen molar-refractivity contribution < 1.29 is 19.5 Å². The van der Waals surface area contributed by atoms with E-state index in [4.69, 9.17) is 9.94 Å². The molecule has 0 spiro atoms. The third-order valence-corrected chi connectivity index (χ3v) is 4.34. The highest BCUT2D eigenvalue weighted by molar-refractivity contribution is 5.95. The van der Waals surface area contributed by atoms with Crippen LogP contribution < -0.4 is 15.5 Å². The standard InChI is InChI=1S/C22H20N2O4/c1-28-20-12-2-15(3-13-20)14-23-21(25)18-8-4-16(5-9-18)17-6-10-19(11-7-17)22(26)24-27/h2-13,27H,14H2,1H3,(H,23,25)(H,24,26). The van der Waals surface area contributed by atoms with E-state index in [2.05, 4.69) is 5.32 Å². The molecule has 0 atom stereocenters. The second-order valence-electron chi connectivity index (χ2n) is 6.13. The zero-order chi connectivity index (χ0) is 19.9. The smallest absolute Gasteiger partial charge is 0.274 e. The van der Waals surface area contributed by atoms with E-state index >= 15 is 0 Å². The summed E-state index contributed by atoms with van der Waals surface area (Å²) in [4.78, 5) is 23.7. The molecule has 28 heavy (non-hydrogen) atoms. The molecule has 3 rings (SSSR count). The number of rotatable bonds is 6. The molecule has 0 radical (unpaired) electrons. The summed E-state index contributed by atoms with van der Waals surface area (Å²) in [6, 6.07) is 21.5. The van der Waals surface area contributed by atoms with Gasteiger partial charge in [0.25, 0.3) is 11.8 Å². The average molecular weight is 376 g/mol. The lowest BCUT2D eigenvalue weighted by molar-refractivity contribution is 0.0706. The minimum absolute atomic E-state index is 0.155. The van der Waals surface area contributed by atoms with Crippen molar-refractivity contribution in [3.8, 4) is 16.9 Å². The Hall–Kier alpha value is -3.64. The Morgan fingerprint density at radius 3 is 1.75 bits per heavy atom. The van der Waals surface area contributed by atoms with Crippen molar-refractivity contribution in [1.29, 1.82) is 0 Å². The molecule has 0 fully saturated rings. The Kier molecular flexibility index (Phi) is 6.04. The van der Waals surface area contributed by atoms with Crippen LogP contribution in [0.15, 0.2) is 72.8 Å². The number of carbonyl (C=O) groups is 2. The zero-order valence-corrected chi connectivity index (χ0v) is 15.3. The van der Waals surface area contributed by atoms with Crippen LogP contribution in [0.25, 0.3) is 11.1 Å². The van der Waals surface area contributed by atoms with Gasteiger partial charge in [-0.25, -0.2) is 5.48 Å². The summed E-state index contributed by atoms with van der Waals surface area (Å²) < 4.78 is 5.12. The fourth-order valence-corrected chi connectivity index (χ4v) is 2.72. The lowest BCUT2D eigenvalue weighted by atomic mass is 10.0. The van der Waals surface area contributed by atoms with E-state index < -0.39 is 5.91 Å². The summed E-state index contributed by atoms with van der Waals surface area (Å²) in [5, 5.41) is 11.5. The van der Waals surface area contributed by atoms with Gasteiger partial charge in [-0.15, -0.1) is 0 Å². The SMILES string of the molecule is COc1ccc(CNC(=O)c2ccc(-c3ccc(C(=O)NO)cc3)cc2)cc1. The zero-order valence-electron chi connectivity index (χ0n) is 15.3. The number of methoxy groups -OCH3 is 1. The Balaban J connectivity index is 1.62. The minimum Gasteiger partial charge on any atom is -0.497 e. The summed E-state index contributed by atoms with van der Waals surface area (Å²) >= 11 is 0. The third kappa shape index (κ3) is 4.55. The maximum atomic E-state index is 12.3. The van der Waals surface area contributed by atoms with Gasteiger partial charge in [-0.2, -0.15) is 0 Å². The van der Waals surface area contributed by atoms with Gasteiger partial charge >= 0.3 is 0 Å². The second kappa shape index (κ2) is 8.83. The number of ether oxygens (including phenoxy) is 1. The number of nitrogens with one attached hydrogen (secondary N) is 2. The van der Waals surface area contributed by atoms with Gasteiger partial charge in [0.05, 0.1) is 7.11 Å². The van der Waals surface area contributed by atoms with E-state index in [9.17, 15) is 9.59 Å². The molecular weight excluding hydrogens is 356 g/mol. The van der Waals surface area contributed by atoms with Crippen molar-refractivity contribution in [2.75, 3.05) is 7.11 Å². The van der Waals surface area contributed by atoms with Gasteiger partial charge in [0, 0.05) is 17.7 Å². The normalized spacial score (nSPS) is 10.2. The molecule has 0 saturated carbocycles. The van der Waals surface area contributed by atoms with E-state index in [-0.39, 0.29) is 5.91 Å². The first-order valence-electron chi connectivity index (χ1n) is 8.67. The Morgan fingerprint density at radius 2 is 1.29 bits per heavy atom. The third-order valence-electron chi connectivity index (χ3n) is 4.34. The van der Waals surface area contributed by atoms with Crippen molar-refractivity contribution in [2.24, 2.45) is 0 Å². The van der Waals surface area contributed by atoms with Crippen molar-refractivity contribution >= 4 is 11.8 Å². The number of amides is 2. The molecule has 0 aliphatic carbocycles. The Bertz CT molecular complexity index is 949. The molecule has 2 amide bonds. The number of benzene rings is 3. The monoisotopic (exact) mass is 376 g/mol. The molecule has 6 heteroatoms. The fourth-order valence-electron chi connectivity index (χ4n) is 2.72. The van der Waals surface area contributed by atoms with Gasteiger partial charge < -0.3 is 10.1 Å². The van der Waals surface area contributed by atoms with Crippen molar-refractivity contribution in [1.82, 2.24) is 10.8 Å². The van der Waals surface area contributed by atoms with E-state index in [0.29, 0.717) is 17.7 Å². The van der Waals surface area contributed by atoms with E-state index in [1.807, 2.05) is 36.4 Å². The summed E-state index contributed by atoms with van der Waals surface area (Å²) in [5.74, 6) is 0.0587. The van der Waals surface area contributed by atoms with E-state index in [0.717, 1.165) is 22.4 Å². The maximum Gasteiger partial charge on any atom is 0.274 e. The van der Waals surface area contributed by atoms with Crippen molar-refractivity contribution in [3.05, 3.63) is 89.5 Å². The lowest BCUT2D eigenvalue weighted by Gasteiger charge is -2.08. The van der Waals surface area contributed by atoms with Crippen LogP contribution in [-0.2, 0) is 6.54 Å². The number of hydrogen-bond donors (Lipinski definition) is 3. The average Bonchev–Trinajstić information content (AvgIpc) is 2.77. The van der Waals surface area contributed by atoms with Crippen LogP contribution >= 0.6 is 0 Å². The molecule has 0 aromatic heterocycles. The predicted octanol–water partition coefficient (Wildman–Crippen LogP) is 3.41. The van der Waals surface area contributed by atoms with Gasteiger partial charge in [0.2, 0.25) is 0 Å². The largest absolute Gasteiger partial charge is 0.497 e. The fraction of sp³-hybridized carbons (Fsp3) is 0.0909. The molecule has 0 saturated heterocycles. The first-order chi connectivity index (χ1) is 13.6. The molecular formula is C22H20N2O4. The molecule has 142 valence electrons. The van der Waals surface area contributed by atoms with Gasteiger partial charge in [-0.3, -0.25) is 14.8 Å². The minimum atomic E-state index is -0.560. The molecule has 3 N–H and O–H groups in total. The van der Waals surface area contributed by atoms with Crippen LogP contribution in [0.3, 0.4) is 0 Å². The summed E-state index contributed by atoms with van der Waals surface area (Å²) in [5.41, 5.74) is 5.33. The second-order valence-corrected chi connectivity index (χ2v) is 6.13. The topological polar surface area (TPSA) is 87.7 Å². The molecule has 3 aromatic rings. The van der Waals surface area contributed by atoms with Crippen LogP contribution in [0.5, 0.6) is 5.75 Å². The van der Waals surface area contributed by atoms with Crippen LogP contribution in [0.2, 0.25) is 0 Å². The predicted molar refractivity (Wildman–Crippen MR) is 105 cm³/mol. The highest BCUT2D eigenvalue weighted by atomic mass is 16.5. The molecule has 0 unspecified atom stereocenters. The number of carbonyl (C=O) groups excluding carboxylic acids is 2. The molecule has 0 aliphatic heterocycles. The number of hydroxylamine groups is 1. The Morgan fingerprint density at radius 1 is 0.786 bits per heavy atom. The summed E-state index contributed by atoms with van der Waals surface area (Å²) in [6.45, 7) is 0.430. The molecule has 3 aromatic carbocycles. The lowest BCUT2D eigenvalue weighted by Crippen LogP contribution is -2.22. The quantitative estimate of drug-likeness (QED) is 0.454. The molecule has 6 nitrogen and oxygen atoms in total. The van der Waals surface area contributed by atoms with Crippen molar-refractivity contribution in [3.63, 3.8) is 0 Å². The van der Waals surface area contributed by atoms with Gasteiger partial charge in [0.1, 0.15) is 5.75 Å². The molecule has 0 bridgehead atoms. The summed E-state index contributed by atoms with van der Waals surface area (Å²) in [6.07, 6.45) is 0. The highest BCUT2D eigenvalue weighted by Crippen LogP contribution is 2.20. The first kappa shape index (κ1) is 19.1. The Labute approximate surface area is 162 Å². The van der Waals surface area contributed by atoms with Crippen molar-refractivity contribution in [2.45, 2.75) is 6.54 Å². The molecule has 0 aliphatic rings. The molecule has 0 heterocycles. The first-order valence-corrected chi connectivity index (χ1v) is 8.67. The van der Waals surface area contributed by atoms with Gasteiger partial charge in [-0.1, -0.05) is 36.4 Å². The van der Waals surface area contributed by atoms with Crippen LogP contribution in [0.4, 0.5) is 0 Å². The van der Waals surface area contributed by atoms with Crippen LogP contribution in [0.1, 0.15) is 26.3 Å². The summed E-state index contributed by atoms with van der Waals surface area (Å²) in [7, 11) is 1.61. The van der Waals surface area contributed by atoms with Gasteiger partial charge in [0.15, 0.2) is 0 Å². The van der Waals surface area contributed by atoms with E-state index in [1.54, 1.807) is 49.0 Å². The van der Waals surface area contributed by atoms with Crippen LogP contribution in [-0.4, -0.2) is 24.1 Å². The van der Waals surface area contributed by atoms with Crippen LogP contribution in [0, 0.1) is 0 Å². The maximum absolute atomic E-state index is 12.3. The number of hydrogen-bond acceptors (Lipinski definition) is 4. The van der Waals surface area contributed by atoms with Gasteiger partial charge in [-0.05, 0) is 53.1 Å². The highest BCUT2D eigenvalue weighted by Gasteiger charge is 2.07.